The fraction of sp³-hybridized carbons (Fsp3) is 0.0588. The van der Waals surface area contributed by atoms with Crippen LogP contribution in [0.3, 0.4) is 0 Å². The summed E-state index contributed by atoms with van der Waals surface area (Å²) in [5, 5.41) is 2.97. The van der Waals surface area contributed by atoms with Gasteiger partial charge >= 0.3 is 0 Å². The number of para-hydroxylation sites is 1. The van der Waals surface area contributed by atoms with E-state index >= 15 is 0 Å². The second-order valence-corrected chi connectivity index (χ2v) is 7.99. The summed E-state index contributed by atoms with van der Waals surface area (Å²) in [5.74, 6) is -1.53. The summed E-state index contributed by atoms with van der Waals surface area (Å²) in [4.78, 5) is 16.1. The summed E-state index contributed by atoms with van der Waals surface area (Å²) in [5.41, 5.74) is 0.744. The Hall–Kier alpha value is -2.62. The van der Waals surface area contributed by atoms with Crippen molar-refractivity contribution < 1.29 is 17.6 Å². The van der Waals surface area contributed by atoms with Crippen molar-refractivity contribution in [1.82, 2.24) is 9.71 Å². The van der Waals surface area contributed by atoms with Gasteiger partial charge in [0.1, 0.15) is 10.7 Å². The van der Waals surface area contributed by atoms with E-state index in [4.69, 9.17) is 0 Å². The first-order chi connectivity index (χ1) is 12.4. The van der Waals surface area contributed by atoms with Crippen LogP contribution in [0.5, 0.6) is 0 Å². The van der Waals surface area contributed by atoms with Crippen molar-refractivity contribution in [2.45, 2.75) is 4.90 Å². The molecular formula is C17H14FN3O3S2. The fourth-order valence-electron chi connectivity index (χ4n) is 2.19. The molecule has 1 aromatic heterocycles. The number of aromatic nitrogens is 1. The first-order valence-electron chi connectivity index (χ1n) is 7.48. The van der Waals surface area contributed by atoms with Crippen molar-refractivity contribution in [3.63, 3.8) is 0 Å². The molecule has 1 heterocycles. The van der Waals surface area contributed by atoms with Gasteiger partial charge in [-0.3, -0.25) is 10.1 Å². The molecule has 0 aliphatic carbocycles. The van der Waals surface area contributed by atoms with Crippen molar-refractivity contribution in [3.8, 4) is 0 Å². The summed E-state index contributed by atoms with van der Waals surface area (Å²) in [6.07, 6.45) is 1.33. The number of fused-ring (bicyclic) bond motifs is 1. The fourth-order valence-corrected chi connectivity index (χ4v) is 4.15. The summed E-state index contributed by atoms with van der Waals surface area (Å²) < 4.78 is 41.3. The Bertz CT molecular complexity index is 1060. The van der Waals surface area contributed by atoms with E-state index in [1.165, 1.54) is 23.5 Å². The molecule has 2 N–H and O–H groups in total. The summed E-state index contributed by atoms with van der Waals surface area (Å²) in [6, 6.07) is 10.5. The number of rotatable bonds is 6. The lowest BCUT2D eigenvalue weighted by Gasteiger charge is -2.08. The third-order valence-electron chi connectivity index (χ3n) is 3.41. The quantitative estimate of drug-likeness (QED) is 0.632. The highest BCUT2D eigenvalue weighted by atomic mass is 32.2. The molecule has 3 rings (SSSR count). The molecule has 0 aliphatic heterocycles. The van der Waals surface area contributed by atoms with E-state index in [0.29, 0.717) is 5.13 Å². The SMILES string of the molecule is C=CCNS(=O)(=O)c1cc(C(=O)Nc2nc3ccccc3s2)ccc1F. The molecule has 0 aliphatic rings. The topological polar surface area (TPSA) is 88.2 Å². The number of anilines is 1. The summed E-state index contributed by atoms with van der Waals surface area (Å²) in [7, 11) is -4.09. The average molecular weight is 391 g/mol. The molecule has 0 fully saturated rings. The van der Waals surface area contributed by atoms with Crippen LogP contribution in [-0.4, -0.2) is 25.9 Å². The maximum Gasteiger partial charge on any atom is 0.257 e. The Morgan fingerprint density at radius 3 is 2.77 bits per heavy atom. The van der Waals surface area contributed by atoms with Crippen molar-refractivity contribution in [1.29, 1.82) is 0 Å². The molecule has 0 saturated heterocycles. The van der Waals surface area contributed by atoms with Gasteiger partial charge in [0.25, 0.3) is 5.91 Å². The van der Waals surface area contributed by atoms with Crippen LogP contribution < -0.4 is 10.0 Å². The number of carbonyl (C=O) groups is 1. The number of benzene rings is 2. The highest BCUT2D eigenvalue weighted by Crippen LogP contribution is 2.26. The number of carbonyl (C=O) groups excluding carboxylic acids is 1. The van der Waals surface area contributed by atoms with E-state index in [1.807, 2.05) is 24.3 Å². The van der Waals surface area contributed by atoms with Gasteiger partial charge in [0, 0.05) is 12.1 Å². The lowest BCUT2D eigenvalue weighted by atomic mass is 10.2. The van der Waals surface area contributed by atoms with Gasteiger partial charge in [0.15, 0.2) is 5.13 Å². The van der Waals surface area contributed by atoms with Crippen LogP contribution in [0.2, 0.25) is 0 Å². The molecule has 0 saturated carbocycles. The van der Waals surface area contributed by atoms with Crippen molar-refractivity contribution in [2.24, 2.45) is 0 Å². The van der Waals surface area contributed by atoms with Crippen molar-refractivity contribution in [3.05, 3.63) is 66.5 Å². The van der Waals surface area contributed by atoms with Gasteiger partial charge in [-0.1, -0.05) is 29.5 Å². The minimum absolute atomic E-state index is 0.00429. The molecule has 26 heavy (non-hydrogen) atoms. The zero-order valence-electron chi connectivity index (χ0n) is 13.4. The number of nitrogens with one attached hydrogen (secondary N) is 2. The first-order valence-corrected chi connectivity index (χ1v) is 9.78. The Morgan fingerprint density at radius 2 is 2.04 bits per heavy atom. The van der Waals surface area contributed by atoms with Crippen molar-refractivity contribution in [2.75, 3.05) is 11.9 Å². The Balaban J connectivity index is 1.87. The van der Waals surface area contributed by atoms with E-state index in [2.05, 4.69) is 21.6 Å². The van der Waals surface area contributed by atoms with Crippen LogP contribution in [-0.2, 0) is 10.0 Å². The number of thiazole rings is 1. The van der Waals surface area contributed by atoms with Gasteiger partial charge in [0.05, 0.1) is 10.2 Å². The normalized spacial score (nSPS) is 11.4. The van der Waals surface area contributed by atoms with Gasteiger partial charge in [-0.2, -0.15) is 0 Å². The van der Waals surface area contributed by atoms with E-state index in [-0.39, 0.29) is 12.1 Å². The zero-order valence-corrected chi connectivity index (χ0v) is 15.0. The summed E-state index contributed by atoms with van der Waals surface area (Å²) >= 11 is 1.29. The van der Waals surface area contributed by atoms with E-state index in [1.54, 1.807) is 0 Å². The van der Waals surface area contributed by atoms with Gasteiger partial charge < -0.3 is 0 Å². The number of amides is 1. The number of hydrogen-bond donors (Lipinski definition) is 2. The standard InChI is InChI=1S/C17H14FN3O3S2/c1-2-9-19-26(23,24)15-10-11(7-8-12(15)18)16(22)21-17-20-13-5-3-4-6-14(13)25-17/h2-8,10,19H,1,9H2,(H,20,21,22). The highest BCUT2D eigenvalue weighted by Gasteiger charge is 2.21. The molecule has 2 aromatic carbocycles. The second-order valence-electron chi connectivity index (χ2n) is 5.23. The van der Waals surface area contributed by atoms with E-state index in [9.17, 15) is 17.6 Å². The smallest absolute Gasteiger partial charge is 0.257 e. The molecular weight excluding hydrogens is 377 g/mol. The maximum absolute atomic E-state index is 13.9. The van der Waals surface area contributed by atoms with Gasteiger partial charge in [-0.15, -0.1) is 6.58 Å². The minimum atomic E-state index is -4.09. The second kappa shape index (κ2) is 7.32. The monoisotopic (exact) mass is 391 g/mol. The zero-order chi connectivity index (χ0) is 18.7. The molecule has 134 valence electrons. The third-order valence-corrected chi connectivity index (χ3v) is 5.81. The Morgan fingerprint density at radius 1 is 1.27 bits per heavy atom. The predicted octanol–water partition coefficient (Wildman–Crippen LogP) is 3.15. The number of hydrogen-bond acceptors (Lipinski definition) is 5. The van der Waals surface area contributed by atoms with Crippen LogP contribution in [0.15, 0.2) is 60.0 Å². The molecule has 6 nitrogen and oxygen atoms in total. The van der Waals surface area contributed by atoms with Crippen LogP contribution in [0.4, 0.5) is 9.52 Å². The molecule has 0 spiro atoms. The first kappa shape index (κ1) is 18.2. The molecule has 0 bridgehead atoms. The van der Waals surface area contributed by atoms with Gasteiger partial charge in [-0.05, 0) is 30.3 Å². The molecule has 0 radical (unpaired) electrons. The van der Waals surface area contributed by atoms with E-state index in [0.717, 1.165) is 22.3 Å². The average Bonchev–Trinajstić information content (AvgIpc) is 3.02. The molecule has 0 unspecified atom stereocenters. The number of sulfonamides is 1. The van der Waals surface area contributed by atoms with Crippen molar-refractivity contribution >= 4 is 42.6 Å². The number of halogens is 1. The maximum atomic E-state index is 13.9. The van der Waals surface area contributed by atoms with Crippen LogP contribution in [0, 0.1) is 5.82 Å². The Labute approximate surface area is 153 Å². The highest BCUT2D eigenvalue weighted by molar-refractivity contribution is 7.89. The molecule has 1 amide bonds. The molecule has 3 aromatic rings. The van der Waals surface area contributed by atoms with Gasteiger partial charge in [-0.25, -0.2) is 22.5 Å². The lowest BCUT2D eigenvalue weighted by Crippen LogP contribution is -2.25. The minimum Gasteiger partial charge on any atom is -0.298 e. The van der Waals surface area contributed by atoms with Crippen LogP contribution in [0.25, 0.3) is 10.2 Å². The van der Waals surface area contributed by atoms with E-state index < -0.39 is 26.6 Å². The van der Waals surface area contributed by atoms with Crippen LogP contribution in [0.1, 0.15) is 10.4 Å². The van der Waals surface area contributed by atoms with Crippen LogP contribution >= 0.6 is 11.3 Å². The summed E-state index contributed by atoms with van der Waals surface area (Å²) in [6.45, 7) is 3.35. The van der Waals surface area contributed by atoms with Gasteiger partial charge in [0.2, 0.25) is 10.0 Å². The molecule has 9 heteroatoms. The largest absolute Gasteiger partial charge is 0.298 e. The lowest BCUT2D eigenvalue weighted by molar-refractivity contribution is 0.102. The number of nitrogens with zero attached hydrogens (tertiary/aromatic N) is 1. The third kappa shape index (κ3) is 3.79. The Kier molecular flexibility index (Phi) is 5.12. The predicted molar refractivity (Wildman–Crippen MR) is 99.4 cm³/mol. The molecule has 0 atom stereocenters.